The van der Waals surface area contributed by atoms with Crippen molar-refractivity contribution in [1.29, 1.82) is 0 Å². The van der Waals surface area contributed by atoms with Gasteiger partial charge in [0.1, 0.15) is 0 Å². The van der Waals surface area contributed by atoms with E-state index in [4.69, 9.17) is 0 Å². The van der Waals surface area contributed by atoms with Crippen LogP contribution in [0.25, 0.3) is 5.69 Å². The molecule has 4 aliphatic carbocycles. The lowest BCUT2D eigenvalue weighted by Crippen LogP contribution is -2.60. The molecule has 4 saturated carbocycles. The molecule has 4 bridgehead atoms. The number of hydrogen-bond donors (Lipinski definition) is 1. The number of tetrazole rings is 1. The van der Waals surface area contributed by atoms with Gasteiger partial charge in [0.2, 0.25) is 11.1 Å². The first-order valence-electron chi connectivity index (χ1n) is 10.3. The van der Waals surface area contributed by atoms with E-state index in [9.17, 15) is 4.79 Å². The lowest BCUT2D eigenvalue weighted by molar-refractivity contribution is -0.126. The number of benzene rings is 1. The summed E-state index contributed by atoms with van der Waals surface area (Å²) in [5.41, 5.74) is 2.09. The summed E-state index contributed by atoms with van der Waals surface area (Å²) >= 11 is 1.43. The maximum Gasteiger partial charge on any atom is 0.233 e. The molecule has 2 aromatic rings. The Morgan fingerprint density at radius 1 is 1.18 bits per heavy atom. The third-order valence-electron chi connectivity index (χ3n) is 6.86. The number of nitrogens with zero attached hydrogens (tertiary/aromatic N) is 4. The predicted octanol–water partition coefficient (Wildman–Crippen LogP) is 3.54. The molecule has 7 heteroatoms. The van der Waals surface area contributed by atoms with E-state index in [1.165, 1.54) is 50.3 Å². The molecule has 148 valence electrons. The van der Waals surface area contributed by atoms with Crippen molar-refractivity contribution in [3.63, 3.8) is 0 Å². The largest absolute Gasteiger partial charge is 0.350 e. The summed E-state index contributed by atoms with van der Waals surface area (Å²) in [4.78, 5) is 13.1. The van der Waals surface area contributed by atoms with E-state index >= 15 is 0 Å². The van der Waals surface area contributed by atoms with Gasteiger partial charge in [-0.25, -0.2) is 0 Å². The van der Waals surface area contributed by atoms with Gasteiger partial charge in [0, 0.05) is 5.54 Å². The van der Waals surface area contributed by atoms with E-state index in [1.54, 1.807) is 4.68 Å². The van der Waals surface area contributed by atoms with Crippen LogP contribution in [0.2, 0.25) is 0 Å². The van der Waals surface area contributed by atoms with Crippen LogP contribution in [-0.4, -0.2) is 36.9 Å². The molecule has 4 aliphatic rings. The van der Waals surface area contributed by atoms with Crippen molar-refractivity contribution in [2.45, 2.75) is 68.3 Å². The van der Waals surface area contributed by atoms with Crippen molar-refractivity contribution in [3.05, 3.63) is 29.8 Å². The number of nitrogens with one attached hydrogen (secondary N) is 1. The Morgan fingerprint density at radius 3 is 2.46 bits per heavy atom. The highest BCUT2D eigenvalue weighted by molar-refractivity contribution is 8.00. The molecule has 6 nitrogen and oxygen atoms in total. The smallest absolute Gasteiger partial charge is 0.233 e. The van der Waals surface area contributed by atoms with Crippen molar-refractivity contribution in [2.75, 3.05) is 0 Å². The van der Waals surface area contributed by atoms with Crippen LogP contribution in [0, 0.1) is 24.7 Å². The third-order valence-corrected chi connectivity index (χ3v) is 7.90. The van der Waals surface area contributed by atoms with Crippen LogP contribution in [0.1, 0.15) is 51.0 Å². The third kappa shape index (κ3) is 3.23. The van der Waals surface area contributed by atoms with Crippen LogP contribution in [0.15, 0.2) is 29.4 Å². The Kier molecular flexibility index (Phi) is 4.45. The minimum atomic E-state index is -0.234. The molecule has 1 atom stereocenters. The SMILES string of the molecule is Cc1ccccc1-n1nnnc1S[C@@H](C)C(=O)NC12CC3CC(CC(C3)C1)C2. The number of rotatable bonds is 5. The van der Waals surface area contributed by atoms with Gasteiger partial charge in [-0.05, 0) is 92.2 Å². The maximum absolute atomic E-state index is 13.1. The van der Waals surface area contributed by atoms with Crippen molar-refractivity contribution in [1.82, 2.24) is 25.5 Å². The summed E-state index contributed by atoms with van der Waals surface area (Å²) in [5.74, 6) is 2.58. The Morgan fingerprint density at radius 2 is 1.82 bits per heavy atom. The Balaban J connectivity index is 1.29. The van der Waals surface area contributed by atoms with Gasteiger partial charge in [-0.15, -0.1) is 5.10 Å². The topological polar surface area (TPSA) is 72.7 Å². The lowest BCUT2D eigenvalue weighted by Gasteiger charge is -2.57. The van der Waals surface area contributed by atoms with E-state index in [1.807, 2.05) is 38.1 Å². The first-order chi connectivity index (χ1) is 13.5. The average Bonchev–Trinajstić information content (AvgIpc) is 3.08. The molecule has 4 fully saturated rings. The number of thioether (sulfide) groups is 1. The summed E-state index contributed by atoms with van der Waals surface area (Å²) < 4.78 is 1.73. The Bertz CT molecular complexity index is 859. The number of aromatic nitrogens is 4. The fraction of sp³-hybridized carbons (Fsp3) is 0.619. The van der Waals surface area contributed by atoms with Crippen LogP contribution in [0.4, 0.5) is 0 Å². The van der Waals surface area contributed by atoms with Gasteiger partial charge in [-0.1, -0.05) is 30.0 Å². The molecule has 0 unspecified atom stereocenters. The zero-order chi connectivity index (χ0) is 19.3. The fourth-order valence-corrected chi connectivity index (χ4v) is 6.84. The minimum absolute atomic E-state index is 0.0442. The molecular weight excluding hydrogens is 370 g/mol. The highest BCUT2D eigenvalue weighted by Crippen LogP contribution is 2.55. The summed E-state index contributed by atoms with van der Waals surface area (Å²) in [6, 6.07) is 8.00. The van der Waals surface area contributed by atoms with Crippen LogP contribution in [-0.2, 0) is 4.79 Å². The number of hydrogen-bond acceptors (Lipinski definition) is 5. The number of aryl methyl sites for hydroxylation is 1. The average molecular weight is 398 g/mol. The summed E-state index contributed by atoms with van der Waals surface area (Å²) in [5, 5.41) is 16.0. The second-order valence-electron chi connectivity index (χ2n) is 9.11. The van der Waals surface area contributed by atoms with Gasteiger partial charge < -0.3 is 5.32 Å². The van der Waals surface area contributed by atoms with Crippen LogP contribution < -0.4 is 5.32 Å². The van der Waals surface area contributed by atoms with Crippen molar-refractivity contribution < 1.29 is 4.79 Å². The summed E-state index contributed by atoms with van der Waals surface area (Å²) in [7, 11) is 0. The fourth-order valence-electron chi connectivity index (χ4n) is 6.04. The monoisotopic (exact) mass is 397 g/mol. The molecule has 1 aromatic heterocycles. The maximum atomic E-state index is 13.1. The van der Waals surface area contributed by atoms with Crippen LogP contribution in [0.3, 0.4) is 0 Å². The first-order valence-corrected chi connectivity index (χ1v) is 11.2. The summed E-state index contributed by atoms with van der Waals surface area (Å²) in [6.45, 7) is 3.99. The van der Waals surface area contributed by atoms with Gasteiger partial charge in [0.15, 0.2) is 0 Å². The molecule has 1 N–H and O–H groups in total. The van der Waals surface area contributed by atoms with Gasteiger partial charge in [-0.3, -0.25) is 4.79 Å². The minimum Gasteiger partial charge on any atom is -0.350 e. The molecule has 0 saturated heterocycles. The van der Waals surface area contributed by atoms with Crippen molar-refractivity contribution >= 4 is 17.7 Å². The van der Waals surface area contributed by atoms with E-state index in [2.05, 4.69) is 20.8 Å². The zero-order valence-corrected chi connectivity index (χ0v) is 17.3. The van der Waals surface area contributed by atoms with E-state index in [-0.39, 0.29) is 16.7 Å². The molecule has 1 heterocycles. The van der Waals surface area contributed by atoms with Gasteiger partial charge in [0.25, 0.3) is 0 Å². The molecule has 0 radical (unpaired) electrons. The molecule has 0 spiro atoms. The number of para-hydroxylation sites is 1. The highest BCUT2D eigenvalue weighted by atomic mass is 32.2. The first kappa shape index (κ1) is 18.2. The quantitative estimate of drug-likeness (QED) is 0.782. The standard InChI is InChI=1S/C21H27N5OS/c1-13-5-3-4-6-18(13)26-20(23-24-25-26)28-14(2)19(27)22-21-10-15-7-16(11-21)9-17(8-15)12-21/h3-6,14-17H,7-12H2,1-2H3,(H,22,27)/t14-,15?,16?,17?,21?/m0/s1. The lowest BCUT2D eigenvalue weighted by atomic mass is 9.53. The van der Waals surface area contributed by atoms with Gasteiger partial charge >= 0.3 is 0 Å². The number of carbonyl (C=O) groups excluding carboxylic acids is 1. The second-order valence-corrected chi connectivity index (χ2v) is 10.4. The molecule has 1 amide bonds. The molecule has 0 aliphatic heterocycles. The number of carbonyl (C=O) groups is 1. The normalized spacial score (nSPS) is 31.7. The van der Waals surface area contributed by atoms with Gasteiger partial charge in [0.05, 0.1) is 10.9 Å². The van der Waals surface area contributed by atoms with Crippen LogP contribution >= 0.6 is 11.8 Å². The van der Waals surface area contributed by atoms with Crippen LogP contribution in [0.5, 0.6) is 0 Å². The van der Waals surface area contributed by atoms with Crippen molar-refractivity contribution in [3.8, 4) is 5.69 Å². The zero-order valence-electron chi connectivity index (χ0n) is 16.5. The molecule has 1 aromatic carbocycles. The van der Waals surface area contributed by atoms with Gasteiger partial charge in [-0.2, -0.15) is 4.68 Å². The molecule has 28 heavy (non-hydrogen) atoms. The number of amides is 1. The molecular formula is C21H27N5OS. The second kappa shape index (κ2) is 6.87. The van der Waals surface area contributed by atoms with Crippen molar-refractivity contribution in [2.24, 2.45) is 17.8 Å². The van der Waals surface area contributed by atoms with E-state index in [0.717, 1.165) is 29.0 Å². The predicted molar refractivity (Wildman–Crippen MR) is 108 cm³/mol. The Labute approximate surface area is 169 Å². The molecule has 6 rings (SSSR count). The Hall–Kier alpha value is -1.89. The van der Waals surface area contributed by atoms with E-state index in [0.29, 0.717) is 5.16 Å². The highest BCUT2D eigenvalue weighted by Gasteiger charge is 2.51. The van der Waals surface area contributed by atoms with E-state index < -0.39 is 0 Å². The summed E-state index contributed by atoms with van der Waals surface area (Å²) in [6.07, 6.45) is 7.65.